The molecule has 1 spiro atoms. The molecule has 6 heteroatoms. The van der Waals surface area contributed by atoms with Crippen molar-refractivity contribution < 1.29 is 13.9 Å². The van der Waals surface area contributed by atoms with Gasteiger partial charge in [0.05, 0.1) is 12.5 Å². The van der Waals surface area contributed by atoms with E-state index in [0.29, 0.717) is 5.75 Å². The Labute approximate surface area is 240 Å². The van der Waals surface area contributed by atoms with Gasteiger partial charge in [0, 0.05) is 67.0 Å². The molecular formula is C34H46FN3O2. The van der Waals surface area contributed by atoms with E-state index in [1.54, 1.807) is 7.11 Å². The van der Waals surface area contributed by atoms with Crippen molar-refractivity contribution in [3.05, 3.63) is 70.7 Å². The maximum absolute atomic E-state index is 15.4. The molecule has 1 amide bonds. The molecule has 0 saturated carbocycles. The number of halogens is 1. The van der Waals surface area contributed by atoms with E-state index in [2.05, 4.69) is 77.0 Å². The van der Waals surface area contributed by atoms with Crippen LogP contribution in [0.25, 0.3) is 0 Å². The van der Waals surface area contributed by atoms with Gasteiger partial charge in [-0.15, -0.1) is 0 Å². The molecule has 40 heavy (non-hydrogen) atoms. The van der Waals surface area contributed by atoms with Crippen LogP contribution in [0.1, 0.15) is 75.6 Å². The zero-order valence-electron chi connectivity index (χ0n) is 25.6. The van der Waals surface area contributed by atoms with Gasteiger partial charge in [0.15, 0.2) is 0 Å². The summed E-state index contributed by atoms with van der Waals surface area (Å²) in [5.74, 6) is 0.657. The predicted octanol–water partition coefficient (Wildman–Crippen LogP) is 6.57. The molecule has 5 nitrogen and oxygen atoms in total. The van der Waals surface area contributed by atoms with E-state index in [9.17, 15) is 4.79 Å². The second-order valence-corrected chi connectivity index (χ2v) is 13.5. The van der Waals surface area contributed by atoms with E-state index in [0.717, 1.165) is 56.0 Å². The van der Waals surface area contributed by atoms with Crippen LogP contribution < -0.4 is 9.64 Å². The minimum Gasteiger partial charge on any atom is -0.497 e. The average Bonchev–Trinajstić information content (AvgIpc) is 3.43. The number of nitrogens with zero attached hydrogens (tertiary/aromatic N) is 3. The molecule has 0 aromatic heterocycles. The number of methoxy groups -OCH3 is 1. The predicted molar refractivity (Wildman–Crippen MR) is 161 cm³/mol. The Morgan fingerprint density at radius 3 is 2.30 bits per heavy atom. The minimum absolute atomic E-state index is 0.00409. The molecule has 2 aromatic carbocycles. The summed E-state index contributed by atoms with van der Waals surface area (Å²) in [7, 11) is 1.56. The van der Waals surface area contributed by atoms with Crippen molar-refractivity contribution in [3.8, 4) is 5.75 Å². The number of likely N-dealkylation sites (tertiary alicyclic amines) is 2. The number of hydrogen-bond donors (Lipinski definition) is 0. The van der Waals surface area contributed by atoms with Crippen LogP contribution in [0.3, 0.4) is 0 Å². The van der Waals surface area contributed by atoms with Gasteiger partial charge >= 0.3 is 0 Å². The Morgan fingerprint density at radius 1 is 1.07 bits per heavy atom. The number of hydrogen-bond acceptors (Lipinski definition) is 4. The molecular weight excluding hydrogens is 501 g/mol. The Kier molecular flexibility index (Phi) is 7.31. The van der Waals surface area contributed by atoms with Crippen LogP contribution in [0, 0.1) is 25.6 Å². The van der Waals surface area contributed by atoms with Crippen molar-refractivity contribution in [2.24, 2.45) is 5.92 Å². The van der Waals surface area contributed by atoms with Crippen molar-refractivity contribution in [2.45, 2.75) is 84.2 Å². The molecule has 0 radical (unpaired) electrons. The van der Waals surface area contributed by atoms with Crippen molar-refractivity contribution >= 4 is 11.6 Å². The number of anilines is 1. The summed E-state index contributed by atoms with van der Waals surface area (Å²) < 4.78 is 20.6. The molecule has 0 bridgehead atoms. The zero-order chi connectivity index (χ0) is 29.1. The fourth-order valence-electron chi connectivity index (χ4n) is 7.18. The number of amides is 1. The van der Waals surface area contributed by atoms with Crippen LogP contribution in [-0.2, 0) is 10.2 Å². The molecule has 0 N–H and O–H groups in total. The number of carbonyl (C=O) groups excluding carboxylic acids is 1. The van der Waals surface area contributed by atoms with Crippen molar-refractivity contribution in [3.63, 3.8) is 0 Å². The Morgan fingerprint density at radius 2 is 1.73 bits per heavy atom. The molecule has 216 valence electrons. The first-order chi connectivity index (χ1) is 18.8. The molecule has 5 rings (SSSR count). The first-order valence-electron chi connectivity index (χ1n) is 14.8. The molecule has 2 fully saturated rings. The molecule has 2 atom stereocenters. The molecule has 2 aromatic rings. The minimum atomic E-state index is -0.483. The van der Waals surface area contributed by atoms with Crippen LogP contribution in [0.2, 0.25) is 0 Å². The average molecular weight is 548 g/mol. The highest BCUT2D eigenvalue weighted by atomic mass is 19.1. The number of rotatable bonds is 5. The Balaban J connectivity index is 1.42. The lowest BCUT2D eigenvalue weighted by Gasteiger charge is -2.42. The lowest BCUT2D eigenvalue weighted by molar-refractivity contribution is -0.125. The van der Waals surface area contributed by atoms with E-state index in [1.165, 1.54) is 22.8 Å². The fraction of sp³-hybridized carbons (Fsp3) is 0.559. The first-order valence-corrected chi connectivity index (χ1v) is 14.8. The summed E-state index contributed by atoms with van der Waals surface area (Å²) in [5, 5.41) is 0. The van der Waals surface area contributed by atoms with Gasteiger partial charge < -0.3 is 14.5 Å². The molecule has 2 saturated heterocycles. The van der Waals surface area contributed by atoms with Gasteiger partial charge in [0.1, 0.15) is 11.6 Å². The SMILES string of the molecule is C=C([C@@H]1CN(C(C)(C)C)C[C@H]1c1ccc(OC)cc1F)N1CCC2(CC1)C(=O)N(C(C)C)c1cc(C)c(C)cc12. The van der Waals surface area contributed by atoms with Crippen LogP contribution in [0.4, 0.5) is 10.1 Å². The van der Waals surface area contributed by atoms with Crippen molar-refractivity contribution in [1.29, 1.82) is 0 Å². The highest BCUT2D eigenvalue weighted by molar-refractivity contribution is 6.08. The number of aryl methyl sites for hydroxylation is 2. The number of ether oxygens (including phenoxy) is 1. The molecule has 3 heterocycles. The van der Waals surface area contributed by atoms with E-state index >= 15 is 4.39 Å². The molecule has 0 aliphatic carbocycles. The quantitative estimate of drug-likeness (QED) is 0.424. The van der Waals surface area contributed by atoms with Crippen LogP contribution >= 0.6 is 0 Å². The normalized spacial score (nSPS) is 22.9. The van der Waals surface area contributed by atoms with Gasteiger partial charge in [-0.05, 0) is 95.7 Å². The van der Waals surface area contributed by atoms with E-state index in [-0.39, 0.29) is 35.1 Å². The summed E-state index contributed by atoms with van der Waals surface area (Å²) in [6.07, 6.45) is 1.53. The third-order valence-corrected chi connectivity index (χ3v) is 9.86. The lowest BCUT2D eigenvalue weighted by Crippen LogP contribution is -2.50. The van der Waals surface area contributed by atoms with E-state index in [1.807, 2.05) is 17.0 Å². The third-order valence-electron chi connectivity index (χ3n) is 9.86. The van der Waals surface area contributed by atoms with Crippen LogP contribution in [-0.4, -0.2) is 60.6 Å². The molecule has 3 aliphatic rings. The van der Waals surface area contributed by atoms with Gasteiger partial charge in [-0.2, -0.15) is 0 Å². The molecule has 0 unspecified atom stereocenters. The summed E-state index contributed by atoms with van der Waals surface area (Å²) in [6.45, 7) is 22.9. The zero-order valence-corrected chi connectivity index (χ0v) is 25.6. The second-order valence-electron chi connectivity index (χ2n) is 13.5. The van der Waals surface area contributed by atoms with Gasteiger partial charge in [0.25, 0.3) is 0 Å². The van der Waals surface area contributed by atoms with E-state index < -0.39 is 5.41 Å². The number of fused-ring (bicyclic) bond motifs is 2. The second kappa shape index (κ2) is 10.2. The van der Waals surface area contributed by atoms with Crippen LogP contribution in [0.5, 0.6) is 5.75 Å². The maximum Gasteiger partial charge on any atom is 0.238 e. The van der Waals surface area contributed by atoms with Gasteiger partial charge in [-0.3, -0.25) is 9.69 Å². The number of carbonyl (C=O) groups is 1. The summed E-state index contributed by atoms with van der Waals surface area (Å²) in [4.78, 5) is 20.9. The largest absolute Gasteiger partial charge is 0.497 e. The smallest absolute Gasteiger partial charge is 0.238 e. The summed E-state index contributed by atoms with van der Waals surface area (Å²) >= 11 is 0. The Hall–Kier alpha value is -2.86. The maximum atomic E-state index is 15.4. The highest BCUT2D eigenvalue weighted by Crippen LogP contribution is 2.51. The van der Waals surface area contributed by atoms with Crippen LogP contribution in [0.15, 0.2) is 42.6 Å². The fourth-order valence-corrected chi connectivity index (χ4v) is 7.18. The summed E-state index contributed by atoms with van der Waals surface area (Å²) in [5.41, 5.74) is 6.02. The third kappa shape index (κ3) is 4.62. The number of benzene rings is 2. The topological polar surface area (TPSA) is 36.0 Å². The first kappa shape index (κ1) is 28.7. The van der Waals surface area contributed by atoms with Gasteiger partial charge in [0.2, 0.25) is 5.91 Å². The number of piperidine rings is 1. The Bertz CT molecular complexity index is 1320. The van der Waals surface area contributed by atoms with Crippen molar-refractivity contribution in [2.75, 3.05) is 38.2 Å². The standard InChI is InChI=1S/C34H46FN3O2/c1-21(2)38-31-17-23(4)22(3)16-29(31)34(32(38)39)12-14-36(15-13-34)24(5)27-19-37(33(6,7)8)20-28(27)26-11-10-25(40-9)18-30(26)35/h10-11,16-18,21,27-28H,5,12-15,19-20H2,1-4,6-9H3/t27-,28-/m0/s1. The monoisotopic (exact) mass is 547 g/mol. The summed E-state index contributed by atoms with van der Waals surface area (Å²) in [6, 6.07) is 9.81. The van der Waals surface area contributed by atoms with Crippen molar-refractivity contribution in [1.82, 2.24) is 9.80 Å². The van der Waals surface area contributed by atoms with Gasteiger partial charge in [-0.1, -0.05) is 18.7 Å². The van der Waals surface area contributed by atoms with E-state index in [4.69, 9.17) is 4.74 Å². The van der Waals surface area contributed by atoms with Gasteiger partial charge in [-0.25, -0.2) is 4.39 Å². The lowest BCUT2D eigenvalue weighted by atomic mass is 9.72. The highest BCUT2D eigenvalue weighted by Gasteiger charge is 2.53. The molecule has 3 aliphatic heterocycles.